The van der Waals surface area contributed by atoms with E-state index in [2.05, 4.69) is 33.6 Å². The molecule has 1 aromatic rings. The van der Waals surface area contributed by atoms with Crippen molar-refractivity contribution in [2.75, 3.05) is 40.8 Å². The van der Waals surface area contributed by atoms with Crippen molar-refractivity contribution in [3.63, 3.8) is 0 Å². The van der Waals surface area contributed by atoms with Gasteiger partial charge in [0, 0.05) is 20.1 Å². The van der Waals surface area contributed by atoms with Gasteiger partial charge in [-0.25, -0.2) is 0 Å². The van der Waals surface area contributed by atoms with Crippen LogP contribution in [0.1, 0.15) is 24.8 Å². The molecule has 0 aromatic heterocycles. The van der Waals surface area contributed by atoms with Crippen LogP contribution >= 0.6 is 24.0 Å². The number of hydrogen-bond donors (Lipinski definition) is 2. The minimum absolute atomic E-state index is 0. The van der Waals surface area contributed by atoms with Gasteiger partial charge in [0.05, 0.1) is 7.11 Å². The van der Waals surface area contributed by atoms with Gasteiger partial charge in [0.25, 0.3) is 0 Å². The van der Waals surface area contributed by atoms with Gasteiger partial charge >= 0.3 is 0 Å². The van der Waals surface area contributed by atoms with Crippen LogP contribution in [0.3, 0.4) is 0 Å². The van der Waals surface area contributed by atoms with Crippen molar-refractivity contribution in [3.8, 4) is 5.75 Å². The van der Waals surface area contributed by atoms with Crippen LogP contribution in [-0.2, 0) is 6.54 Å². The molecule has 0 saturated carbocycles. The second-order valence-electron chi connectivity index (χ2n) is 6.24. The topological polar surface area (TPSA) is 48.9 Å². The lowest BCUT2D eigenvalue weighted by Gasteiger charge is -2.29. The Labute approximate surface area is 163 Å². The van der Waals surface area contributed by atoms with Crippen LogP contribution in [0.4, 0.5) is 0 Å². The maximum Gasteiger partial charge on any atom is 0.191 e. The lowest BCUT2D eigenvalue weighted by molar-refractivity contribution is 0.213. The summed E-state index contributed by atoms with van der Waals surface area (Å²) < 4.78 is 5.25. The summed E-state index contributed by atoms with van der Waals surface area (Å²) >= 11 is 0. The molecule has 24 heavy (non-hydrogen) atoms. The first-order valence-electron chi connectivity index (χ1n) is 8.47. The van der Waals surface area contributed by atoms with Gasteiger partial charge in [-0.1, -0.05) is 12.1 Å². The van der Waals surface area contributed by atoms with E-state index in [1.54, 1.807) is 7.11 Å². The third-order valence-corrected chi connectivity index (χ3v) is 4.50. The Morgan fingerprint density at radius 1 is 1.29 bits per heavy atom. The predicted molar refractivity (Wildman–Crippen MR) is 111 cm³/mol. The summed E-state index contributed by atoms with van der Waals surface area (Å²) in [6, 6.07) is 8.09. The number of halogens is 1. The minimum atomic E-state index is 0. The Hall–Kier alpha value is -1.02. The average molecular weight is 446 g/mol. The van der Waals surface area contributed by atoms with Gasteiger partial charge < -0.3 is 20.3 Å². The molecule has 1 aliphatic heterocycles. The average Bonchev–Trinajstić information content (AvgIpc) is 2.59. The fourth-order valence-corrected chi connectivity index (χ4v) is 2.93. The van der Waals surface area contributed by atoms with Gasteiger partial charge in [0.1, 0.15) is 5.75 Å². The monoisotopic (exact) mass is 446 g/mol. The number of likely N-dealkylation sites (tertiary alicyclic amines) is 1. The van der Waals surface area contributed by atoms with Crippen LogP contribution < -0.4 is 15.4 Å². The number of nitrogens with zero attached hydrogens (tertiary/aromatic N) is 2. The number of hydrogen-bond acceptors (Lipinski definition) is 3. The van der Waals surface area contributed by atoms with Gasteiger partial charge in [-0.2, -0.15) is 0 Å². The van der Waals surface area contributed by atoms with Crippen molar-refractivity contribution in [3.05, 3.63) is 29.8 Å². The van der Waals surface area contributed by atoms with Crippen molar-refractivity contribution in [2.45, 2.75) is 25.8 Å². The Kier molecular flexibility index (Phi) is 10.1. The summed E-state index contributed by atoms with van der Waals surface area (Å²) in [4.78, 5) is 6.71. The maximum absolute atomic E-state index is 5.25. The molecule has 0 amide bonds. The van der Waals surface area contributed by atoms with Crippen molar-refractivity contribution in [2.24, 2.45) is 10.9 Å². The number of benzene rings is 1. The Balaban J connectivity index is 0.00000288. The zero-order chi connectivity index (χ0) is 16.5. The Bertz CT molecular complexity index is 502. The van der Waals surface area contributed by atoms with E-state index in [0.29, 0.717) is 0 Å². The highest BCUT2D eigenvalue weighted by atomic mass is 127. The van der Waals surface area contributed by atoms with E-state index in [1.807, 2.05) is 25.2 Å². The van der Waals surface area contributed by atoms with Crippen molar-refractivity contribution in [1.82, 2.24) is 15.5 Å². The summed E-state index contributed by atoms with van der Waals surface area (Å²) in [7, 11) is 5.71. The summed E-state index contributed by atoms with van der Waals surface area (Å²) in [5.41, 5.74) is 1.18. The third kappa shape index (κ3) is 7.25. The highest BCUT2D eigenvalue weighted by Crippen LogP contribution is 2.18. The second-order valence-corrected chi connectivity index (χ2v) is 6.24. The van der Waals surface area contributed by atoms with Crippen LogP contribution in [0.25, 0.3) is 0 Å². The zero-order valence-electron chi connectivity index (χ0n) is 15.0. The summed E-state index contributed by atoms with van der Waals surface area (Å²) in [5.74, 6) is 2.59. The molecule has 0 atom stereocenters. The molecule has 5 nitrogen and oxygen atoms in total. The van der Waals surface area contributed by atoms with Gasteiger partial charge in [-0.15, -0.1) is 24.0 Å². The smallest absolute Gasteiger partial charge is 0.191 e. The molecule has 136 valence electrons. The second kappa shape index (κ2) is 11.5. The molecule has 2 N–H and O–H groups in total. The van der Waals surface area contributed by atoms with E-state index in [1.165, 1.54) is 37.9 Å². The number of guanidine groups is 1. The lowest BCUT2D eigenvalue weighted by Crippen LogP contribution is -2.38. The summed E-state index contributed by atoms with van der Waals surface area (Å²) in [6.45, 7) is 4.18. The SMILES string of the molecule is CN=C(NCCC1CCN(C)CC1)NCc1cccc(OC)c1.I. The molecule has 1 heterocycles. The first-order chi connectivity index (χ1) is 11.2. The van der Waals surface area contributed by atoms with Gasteiger partial charge in [-0.3, -0.25) is 4.99 Å². The van der Waals surface area contributed by atoms with E-state index >= 15 is 0 Å². The van der Waals surface area contributed by atoms with Crippen molar-refractivity contribution >= 4 is 29.9 Å². The van der Waals surface area contributed by atoms with E-state index in [4.69, 9.17) is 4.74 Å². The van der Waals surface area contributed by atoms with Crippen molar-refractivity contribution in [1.29, 1.82) is 0 Å². The highest BCUT2D eigenvalue weighted by molar-refractivity contribution is 14.0. The van der Waals surface area contributed by atoms with E-state index in [0.717, 1.165) is 30.7 Å². The first kappa shape index (κ1) is 21.0. The van der Waals surface area contributed by atoms with E-state index in [9.17, 15) is 0 Å². The van der Waals surface area contributed by atoms with Crippen LogP contribution in [0.15, 0.2) is 29.3 Å². The molecule has 0 bridgehead atoms. The first-order valence-corrected chi connectivity index (χ1v) is 8.47. The Morgan fingerprint density at radius 2 is 2.04 bits per heavy atom. The summed E-state index contributed by atoms with van der Waals surface area (Å²) in [5, 5.41) is 6.78. The van der Waals surface area contributed by atoms with Gasteiger partial charge in [0.15, 0.2) is 5.96 Å². The molecule has 2 rings (SSSR count). The molecule has 1 aliphatic rings. The number of methoxy groups -OCH3 is 1. The van der Waals surface area contributed by atoms with Gasteiger partial charge in [-0.05, 0) is 63.0 Å². The highest BCUT2D eigenvalue weighted by Gasteiger charge is 2.16. The summed E-state index contributed by atoms with van der Waals surface area (Å²) in [6.07, 6.45) is 3.84. The molecule has 1 saturated heterocycles. The largest absolute Gasteiger partial charge is 0.497 e. The molecule has 6 heteroatoms. The fraction of sp³-hybridized carbons (Fsp3) is 0.611. The van der Waals surface area contributed by atoms with Crippen LogP contribution in [-0.4, -0.2) is 51.7 Å². The molecule has 0 aliphatic carbocycles. The predicted octanol–water partition coefficient (Wildman–Crippen LogP) is 2.71. The molecular weight excluding hydrogens is 415 g/mol. The van der Waals surface area contributed by atoms with E-state index < -0.39 is 0 Å². The molecular formula is C18H31IN4O. The molecule has 1 fully saturated rings. The van der Waals surface area contributed by atoms with Gasteiger partial charge in [0.2, 0.25) is 0 Å². The maximum atomic E-state index is 5.25. The Morgan fingerprint density at radius 3 is 2.71 bits per heavy atom. The number of piperidine rings is 1. The van der Waals surface area contributed by atoms with E-state index in [-0.39, 0.29) is 24.0 Å². The van der Waals surface area contributed by atoms with Crippen molar-refractivity contribution < 1.29 is 4.74 Å². The number of ether oxygens (including phenoxy) is 1. The fourth-order valence-electron chi connectivity index (χ4n) is 2.93. The standard InChI is InChI=1S/C18H30N4O.HI/c1-19-18(20-10-7-15-8-11-22(2)12-9-15)21-14-16-5-4-6-17(13-16)23-3;/h4-6,13,15H,7-12,14H2,1-3H3,(H2,19,20,21);1H. The zero-order valence-corrected chi connectivity index (χ0v) is 17.4. The quantitative estimate of drug-likeness (QED) is 0.401. The van der Waals surface area contributed by atoms with Crippen LogP contribution in [0, 0.1) is 5.92 Å². The third-order valence-electron chi connectivity index (χ3n) is 4.50. The minimum Gasteiger partial charge on any atom is -0.497 e. The van der Waals surface area contributed by atoms with Crippen LogP contribution in [0.2, 0.25) is 0 Å². The molecule has 0 radical (unpaired) electrons. The normalized spacial score (nSPS) is 16.4. The number of nitrogens with one attached hydrogen (secondary N) is 2. The number of aliphatic imine (C=N–C) groups is 1. The molecule has 0 spiro atoms. The number of rotatable bonds is 6. The lowest BCUT2D eigenvalue weighted by atomic mass is 9.94. The van der Waals surface area contributed by atoms with Crippen LogP contribution in [0.5, 0.6) is 5.75 Å². The molecule has 1 aromatic carbocycles. The molecule has 0 unspecified atom stereocenters.